The minimum Gasteiger partial charge on any atom is -0.507 e. The molecule has 190 valence electrons. The lowest BCUT2D eigenvalue weighted by Gasteiger charge is -2.10. The van der Waals surface area contributed by atoms with Gasteiger partial charge in [0.1, 0.15) is 23.1 Å². The molecule has 0 aromatic heterocycles. The van der Waals surface area contributed by atoms with Crippen molar-refractivity contribution in [3.05, 3.63) is 106 Å². The molecule has 0 heterocycles. The van der Waals surface area contributed by atoms with E-state index in [4.69, 9.17) is 38.2 Å². The summed E-state index contributed by atoms with van der Waals surface area (Å²) in [5.41, 5.74) is 0.636. The molecule has 4 rings (SSSR count). The van der Waals surface area contributed by atoms with Gasteiger partial charge in [-0.1, -0.05) is 23.2 Å². The fourth-order valence-electron chi connectivity index (χ4n) is 3.34. The smallest absolute Gasteiger partial charge is 0.335 e. The molecular formula is C27H18Cl2F2O6. The predicted molar refractivity (Wildman–Crippen MR) is 136 cm³/mol. The van der Waals surface area contributed by atoms with Crippen molar-refractivity contribution in [2.24, 2.45) is 0 Å². The Hall–Kier alpha value is -4.14. The van der Waals surface area contributed by atoms with Gasteiger partial charge in [-0.15, -0.1) is 0 Å². The van der Waals surface area contributed by atoms with Crippen LogP contribution in [0.2, 0.25) is 10.0 Å². The molecule has 4 aromatic rings. The van der Waals surface area contributed by atoms with E-state index in [1.165, 1.54) is 43.5 Å². The first-order chi connectivity index (χ1) is 17.5. The highest BCUT2D eigenvalue weighted by atomic mass is 35.5. The van der Waals surface area contributed by atoms with Gasteiger partial charge < -0.3 is 20.1 Å². The van der Waals surface area contributed by atoms with Crippen molar-refractivity contribution in [2.45, 2.75) is 0 Å². The maximum Gasteiger partial charge on any atom is 0.335 e. The molecular weight excluding hydrogens is 529 g/mol. The first kappa shape index (κ1) is 27.4. The minimum absolute atomic E-state index is 0.00146. The lowest BCUT2D eigenvalue weighted by atomic mass is 10.0. The summed E-state index contributed by atoms with van der Waals surface area (Å²) >= 11 is 11.7. The van der Waals surface area contributed by atoms with Crippen LogP contribution in [-0.4, -0.2) is 34.4 Å². The van der Waals surface area contributed by atoms with Crippen molar-refractivity contribution in [1.29, 1.82) is 0 Å². The SMILES string of the molecule is COc1ccc(Cl)cc1-c1cc(C(=O)O)ccc1F.O=C(O)c1ccc(F)c(-c2cc(Cl)ccc2O)c1. The molecule has 0 aliphatic heterocycles. The second-order valence-electron chi connectivity index (χ2n) is 7.51. The van der Waals surface area contributed by atoms with Gasteiger partial charge in [0, 0.05) is 32.3 Å². The summed E-state index contributed by atoms with van der Waals surface area (Å²) in [7, 11) is 1.45. The Labute approximate surface area is 219 Å². The number of ether oxygens (including phenoxy) is 1. The number of carboxylic acids is 2. The molecule has 0 unspecified atom stereocenters. The maximum atomic E-state index is 13.9. The van der Waals surface area contributed by atoms with Crippen LogP contribution in [0.4, 0.5) is 8.78 Å². The number of benzene rings is 4. The number of methoxy groups -OCH3 is 1. The zero-order valence-electron chi connectivity index (χ0n) is 19.0. The highest BCUT2D eigenvalue weighted by molar-refractivity contribution is 6.31. The minimum atomic E-state index is -1.17. The first-order valence-corrected chi connectivity index (χ1v) is 11.2. The van der Waals surface area contributed by atoms with Gasteiger partial charge in [0.05, 0.1) is 18.2 Å². The summed E-state index contributed by atoms with van der Waals surface area (Å²) in [6, 6.07) is 15.8. The van der Waals surface area contributed by atoms with E-state index in [1.807, 2.05) is 0 Å². The monoisotopic (exact) mass is 546 g/mol. The van der Waals surface area contributed by atoms with Crippen molar-refractivity contribution in [3.63, 3.8) is 0 Å². The number of rotatable bonds is 5. The van der Waals surface area contributed by atoms with Crippen LogP contribution in [0.3, 0.4) is 0 Å². The van der Waals surface area contributed by atoms with Crippen LogP contribution in [0.1, 0.15) is 20.7 Å². The summed E-state index contributed by atoms with van der Waals surface area (Å²) in [5, 5.41) is 28.2. The fraction of sp³-hybridized carbons (Fsp3) is 0.0370. The second-order valence-corrected chi connectivity index (χ2v) is 8.38. The number of hydrogen-bond acceptors (Lipinski definition) is 4. The number of carboxylic acid groups (broad SMARTS) is 2. The van der Waals surface area contributed by atoms with Gasteiger partial charge in [-0.3, -0.25) is 0 Å². The second kappa shape index (κ2) is 11.7. The van der Waals surface area contributed by atoms with Crippen LogP contribution < -0.4 is 4.74 Å². The molecule has 3 N–H and O–H groups in total. The Kier molecular flexibility index (Phi) is 8.70. The maximum absolute atomic E-state index is 13.9. The Morgan fingerprint density at radius 1 is 0.676 bits per heavy atom. The van der Waals surface area contributed by atoms with Crippen LogP contribution in [0.25, 0.3) is 22.3 Å². The van der Waals surface area contributed by atoms with E-state index < -0.39 is 23.6 Å². The van der Waals surface area contributed by atoms with E-state index in [0.29, 0.717) is 21.4 Å². The van der Waals surface area contributed by atoms with Crippen molar-refractivity contribution in [2.75, 3.05) is 7.11 Å². The molecule has 0 aliphatic rings. The quantitative estimate of drug-likeness (QED) is 0.241. The predicted octanol–water partition coefficient (Wildman–Crippen LogP) is 7.40. The third-order valence-electron chi connectivity index (χ3n) is 5.13. The van der Waals surface area contributed by atoms with Gasteiger partial charge in [0.25, 0.3) is 0 Å². The number of phenols is 1. The van der Waals surface area contributed by atoms with Crippen LogP contribution in [0.15, 0.2) is 72.8 Å². The number of hydrogen-bond donors (Lipinski definition) is 3. The van der Waals surface area contributed by atoms with Gasteiger partial charge in [0.2, 0.25) is 0 Å². The van der Waals surface area contributed by atoms with E-state index in [0.717, 1.165) is 24.3 Å². The van der Waals surface area contributed by atoms with Crippen molar-refractivity contribution in [1.82, 2.24) is 0 Å². The van der Waals surface area contributed by atoms with Gasteiger partial charge in [0.15, 0.2) is 0 Å². The lowest BCUT2D eigenvalue weighted by molar-refractivity contribution is 0.0686. The Balaban J connectivity index is 0.000000206. The molecule has 37 heavy (non-hydrogen) atoms. The number of phenolic OH excluding ortho intramolecular Hbond substituents is 1. The summed E-state index contributed by atoms with van der Waals surface area (Å²) in [6.45, 7) is 0. The van der Waals surface area contributed by atoms with E-state index >= 15 is 0 Å². The highest BCUT2D eigenvalue weighted by Crippen LogP contribution is 2.35. The summed E-state index contributed by atoms with van der Waals surface area (Å²) in [4.78, 5) is 21.8. The highest BCUT2D eigenvalue weighted by Gasteiger charge is 2.15. The molecule has 0 atom stereocenters. The molecule has 6 nitrogen and oxygen atoms in total. The van der Waals surface area contributed by atoms with Crippen molar-refractivity contribution in [3.8, 4) is 33.8 Å². The topological polar surface area (TPSA) is 104 Å². The van der Waals surface area contributed by atoms with Gasteiger partial charge >= 0.3 is 11.9 Å². The summed E-state index contributed by atoms with van der Waals surface area (Å²) in [5.74, 6) is -3.20. The van der Waals surface area contributed by atoms with E-state index in [9.17, 15) is 23.5 Å². The van der Waals surface area contributed by atoms with Gasteiger partial charge in [-0.05, 0) is 72.8 Å². The van der Waals surface area contributed by atoms with Crippen LogP contribution >= 0.6 is 23.2 Å². The van der Waals surface area contributed by atoms with E-state index in [-0.39, 0.29) is 33.6 Å². The molecule has 0 bridgehead atoms. The third kappa shape index (κ3) is 6.55. The van der Waals surface area contributed by atoms with Crippen LogP contribution in [0.5, 0.6) is 11.5 Å². The largest absolute Gasteiger partial charge is 0.507 e. The van der Waals surface area contributed by atoms with E-state index in [2.05, 4.69) is 0 Å². The Bertz CT molecular complexity index is 1490. The number of aromatic hydroxyl groups is 1. The molecule has 4 aromatic carbocycles. The molecule has 0 saturated carbocycles. The molecule has 0 aliphatic carbocycles. The summed E-state index contributed by atoms with van der Waals surface area (Å²) < 4.78 is 32.7. The summed E-state index contributed by atoms with van der Waals surface area (Å²) in [6.07, 6.45) is 0. The zero-order valence-corrected chi connectivity index (χ0v) is 20.5. The molecule has 0 radical (unpaired) electrons. The van der Waals surface area contributed by atoms with Gasteiger partial charge in [-0.25, -0.2) is 18.4 Å². The van der Waals surface area contributed by atoms with Gasteiger partial charge in [-0.2, -0.15) is 0 Å². The number of halogens is 4. The average Bonchev–Trinajstić information content (AvgIpc) is 2.86. The fourth-order valence-corrected chi connectivity index (χ4v) is 3.69. The lowest BCUT2D eigenvalue weighted by Crippen LogP contribution is -1.98. The van der Waals surface area contributed by atoms with Crippen LogP contribution in [-0.2, 0) is 0 Å². The molecule has 0 saturated heterocycles. The molecule has 10 heteroatoms. The van der Waals surface area contributed by atoms with E-state index in [1.54, 1.807) is 12.1 Å². The van der Waals surface area contributed by atoms with Crippen LogP contribution in [0, 0.1) is 11.6 Å². The Morgan fingerprint density at radius 3 is 1.62 bits per heavy atom. The number of aromatic carboxylic acids is 2. The average molecular weight is 547 g/mol. The van der Waals surface area contributed by atoms with Crippen molar-refractivity contribution < 1.29 is 38.4 Å². The first-order valence-electron chi connectivity index (χ1n) is 10.4. The standard InChI is InChI=1S/C14H10ClFO3.C13H8ClFO3/c1-19-13-5-3-9(15)7-11(13)10-6-8(14(17)18)2-4-12(10)16;14-8-2-4-12(16)10(6-8)9-5-7(13(17)18)1-3-11(9)15/h2-7H,1H3,(H,17,18);1-6,16H,(H,17,18). The number of carbonyl (C=O) groups is 2. The zero-order chi connectivity index (χ0) is 27.3. The molecule has 0 fully saturated rings. The third-order valence-corrected chi connectivity index (χ3v) is 5.60. The Morgan fingerprint density at radius 2 is 1.14 bits per heavy atom. The van der Waals surface area contributed by atoms with Crippen molar-refractivity contribution >= 4 is 35.1 Å². The molecule has 0 spiro atoms. The normalized spacial score (nSPS) is 10.3. The molecule has 0 amide bonds.